The van der Waals surface area contributed by atoms with Crippen molar-refractivity contribution in [3.63, 3.8) is 0 Å². The van der Waals surface area contributed by atoms with Crippen molar-refractivity contribution >= 4 is 22.8 Å². The van der Waals surface area contributed by atoms with Gasteiger partial charge in [-0.25, -0.2) is 9.97 Å². The van der Waals surface area contributed by atoms with Gasteiger partial charge in [-0.15, -0.1) is 0 Å². The molecule has 0 radical (unpaired) electrons. The van der Waals surface area contributed by atoms with Crippen LogP contribution in [0.1, 0.15) is 6.92 Å². The molecule has 1 saturated heterocycles. The summed E-state index contributed by atoms with van der Waals surface area (Å²) in [6.45, 7) is 3.17. The molecule has 3 aromatic heterocycles. The summed E-state index contributed by atoms with van der Waals surface area (Å²) in [4.78, 5) is 27.5. The first-order valence-corrected chi connectivity index (χ1v) is 7.79. The number of nitrogens with one attached hydrogen (secondary N) is 1. The molecule has 1 aliphatic rings. The molecule has 8 nitrogen and oxygen atoms in total. The van der Waals surface area contributed by atoms with Crippen molar-refractivity contribution in [1.29, 1.82) is 0 Å². The number of carbonyl (C=O) groups is 1. The van der Waals surface area contributed by atoms with E-state index >= 15 is 0 Å². The predicted octanol–water partition coefficient (Wildman–Crippen LogP) is 0.750. The second kappa shape index (κ2) is 5.55. The Hall–Kier alpha value is -3.03. The minimum Gasteiger partial charge on any atom is -0.353 e. The molecule has 8 heteroatoms. The van der Waals surface area contributed by atoms with Crippen LogP contribution < -0.4 is 10.2 Å². The molecule has 1 amide bonds. The number of hydrogen-bond acceptors (Lipinski definition) is 6. The third-order valence-electron chi connectivity index (χ3n) is 4.28. The van der Waals surface area contributed by atoms with Crippen LogP contribution in [0.4, 0.5) is 5.82 Å². The number of carbonyl (C=O) groups excluding carboxylic acids is 1. The fourth-order valence-electron chi connectivity index (χ4n) is 2.93. The van der Waals surface area contributed by atoms with Crippen molar-refractivity contribution in [2.75, 3.05) is 18.0 Å². The lowest BCUT2D eigenvalue weighted by Gasteiger charge is -2.34. The topological polar surface area (TPSA) is 88.8 Å². The molecule has 1 unspecified atom stereocenters. The highest BCUT2D eigenvalue weighted by molar-refractivity contribution is 5.93. The lowest BCUT2D eigenvalue weighted by atomic mass is 10.2. The highest BCUT2D eigenvalue weighted by atomic mass is 16.2. The molecule has 4 heterocycles. The Bertz CT molecular complexity index is 905. The van der Waals surface area contributed by atoms with E-state index in [1.807, 2.05) is 31.0 Å². The van der Waals surface area contributed by atoms with Gasteiger partial charge in [0.1, 0.15) is 11.9 Å². The number of amides is 1. The minimum atomic E-state index is -0.289. The number of nitrogens with zero attached hydrogens (tertiary/aromatic N) is 6. The van der Waals surface area contributed by atoms with Crippen molar-refractivity contribution in [1.82, 2.24) is 30.0 Å². The highest BCUT2D eigenvalue weighted by Gasteiger charge is 2.29. The van der Waals surface area contributed by atoms with E-state index in [1.54, 1.807) is 23.3 Å². The van der Waals surface area contributed by atoms with Gasteiger partial charge < -0.3 is 10.2 Å². The van der Waals surface area contributed by atoms with Crippen LogP contribution in [0.25, 0.3) is 22.4 Å². The molecule has 122 valence electrons. The Morgan fingerprint density at radius 2 is 2.04 bits per heavy atom. The second-order valence-electron chi connectivity index (χ2n) is 5.77. The first-order chi connectivity index (χ1) is 11.6. The lowest BCUT2D eigenvalue weighted by molar-refractivity contribution is -0.122. The number of piperazine rings is 1. The van der Waals surface area contributed by atoms with Gasteiger partial charge in [0.2, 0.25) is 5.91 Å². The molecular weight excluding hydrogens is 306 g/mol. The predicted molar refractivity (Wildman–Crippen MR) is 89.4 cm³/mol. The summed E-state index contributed by atoms with van der Waals surface area (Å²) in [5, 5.41) is 8.03. The number of aromatic nitrogens is 5. The van der Waals surface area contributed by atoms with Crippen LogP contribution in [-0.2, 0) is 11.8 Å². The van der Waals surface area contributed by atoms with Crippen molar-refractivity contribution in [3.05, 3.63) is 30.7 Å². The zero-order chi connectivity index (χ0) is 16.7. The van der Waals surface area contributed by atoms with Gasteiger partial charge in [0.15, 0.2) is 11.5 Å². The van der Waals surface area contributed by atoms with Crippen LogP contribution in [0, 0.1) is 0 Å². The summed E-state index contributed by atoms with van der Waals surface area (Å²) < 4.78 is 1.72. The Morgan fingerprint density at radius 3 is 2.83 bits per heavy atom. The Balaban J connectivity index is 1.92. The molecule has 0 spiro atoms. The van der Waals surface area contributed by atoms with E-state index in [1.165, 1.54) is 0 Å². The zero-order valence-corrected chi connectivity index (χ0v) is 13.5. The van der Waals surface area contributed by atoms with Gasteiger partial charge >= 0.3 is 0 Å². The van der Waals surface area contributed by atoms with E-state index in [9.17, 15) is 4.79 Å². The van der Waals surface area contributed by atoms with Gasteiger partial charge in [-0.3, -0.25) is 14.5 Å². The maximum Gasteiger partial charge on any atom is 0.242 e. The van der Waals surface area contributed by atoms with Crippen molar-refractivity contribution in [3.8, 4) is 11.4 Å². The van der Waals surface area contributed by atoms with E-state index in [0.717, 1.165) is 22.4 Å². The number of anilines is 1. The third-order valence-corrected chi connectivity index (χ3v) is 4.28. The molecule has 1 atom stereocenters. The summed E-state index contributed by atoms with van der Waals surface area (Å²) in [6.07, 6.45) is 5.17. The molecule has 24 heavy (non-hydrogen) atoms. The van der Waals surface area contributed by atoms with Crippen molar-refractivity contribution in [2.24, 2.45) is 7.05 Å². The largest absolute Gasteiger partial charge is 0.353 e. The van der Waals surface area contributed by atoms with E-state index in [0.29, 0.717) is 18.9 Å². The second-order valence-corrected chi connectivity index (χ2v) is 5.77. The smallest absolute Gasteiger partial charge is 0.242 e. The molecule has 3 aromatic rings. The van der Waals surface area contributed by atoms with Gasteiger partial charge in [-0.2, -0.15) is 5.10 Å². The standard InChI is InChI=1S/C16H17N7O/c1-10-16(24)18-7-8-23(10)15-12-9-19-22(2)14(12)20-13(21-15)11-3-5-17-6-4-11/h3-6,9-10H,7-8H2,1-2H3,(H,18,24). The number of pyridine rings is 1. The average Bonchev–Trinajstić information content (AvgIpc) is 2.99. The highest BCUT2D eigenvalue weighted by Crippen LogP contribution is 2.28. The van der Waals surface area contributed by atoms with E-state index < -0.39 is 0 Å². The van der Waals surface area contributed by atoms with Crippen molar-refractivity contribution < 1.29 is 4.79 Å². The molecule has 1 N–H and O–H groups in total. The number of rotatable bonds is 2. The summed E-state index contributed by atoms with van der Waals surface area (Å²) >= 11 is 0. The summed E-state index contributed by atoms with van der Waals surface area (Å²) in [6, 6.07) is 3.45. The lowest BCUT2D eigenvalue weighted by Crippen LogP contribution is -2.54. The number of aryl methyl sites for hydroxylation is 1. The number of hydrogen-bond donors (Lipinski definition) is 1. The summed E-state index contributed by atoms with van der Waals surface area (Å²) in [5.74, 6) is 1.34. The van der Waals surface area contributed by atoms with Gasteiger partial charge in [-0.1, -0.05) is 0 Å². The molecule has 0 aromatic carbocycles. The van der Waals surface area contributed by atoms with Crippen molar-refractivity contribution in [2.45, 2.75) is 13.0 Å². The fraction of sp³-hybridized carbons (Fsp3) is 0.312. The Morgan fingerprint density at radius 1 is 1.25 bits per heavy atom. The SMILES string of the molecule is CC1C(=O)NCCN1c1nc(-c2ccncc2)nc2c1cnn2C. The first-order valence-electron chi connectivity index (χ1n) is 7.79. The summed E-state index contributed by atoms with van der Waals surface area (Å²) in [7, 11) is 1.85. The van der Waals surface area contributed by atoms with Crippen LogP contribution in [0.5, 0.6) is 0 Å². The molecule has 1 aliphatic heterocycles. The van der Waals surface area contributed by atoms with Gasteiger partial charge in [0.25, 0.3) is 0 Å². The number of fused-ring (bicyclic) bond motifs is 1. The molecular formula is C16H17N7O. The van der Waals surface area contributed by atoms with Crippen LogP contribution in [0.2, 0.25) is 0 Å². The monoisotopic (exact) mass is 323 g/mol. The fourth-order valence-corrected chi connectivity index (χ4v) is 2.93. The van der Waals surface area contributed by atoms with Gasteiger partial charge in [0, 0.05) is 38.1 Å². The normalized spacial score (nSPS) is 18.0. The Kier molecular flexibility index (Phi) is 3.37. The van der Waals surface area contributed by atoms with Gasteiger partial charge in [-0.05, 0) is 19.1 Å². The van der Waals surface area contributed by atoms with Crippen LogP contribution >= 0.6 is 0 Å². The zero-order valence-electron chi connectivity index (χ0n) is 13.5. The van der Waals surface area contributed by atoms with E-state index in [4.69, 9.17) is 4.98 Å². The molecule has 0 aliphatic carbocycles. The maximum atomic E-state index is 12.0. The molecule has 0 bridgehead atoms. The van der Waals surface area contributed by atoms with E-state index in [-0.39, 0.29) is 11.9 Å². The van der Waals surface area contributed by atoms with Gasteiger partial charge in [0.05, 0.1) is 11.6 Å². The molecule has 0 saturated carbocycles. The third kappa shape index (κ3) is 2.27. The quantitative estimate of drug-likeness (QED) is 0.748. The maximum absolute atomic E-state index is 12.0. The Labute approximate surface area is 138 Å². The van der Waals surface area contributed by atoms with Crippen LogP contribution in [0.15, 0.2) is 30.7 Å². The van der Waals surface area contributed by atoms with Crippen LogP contribution in [-0.4, -0.2) is 49.8 Å². The van der Waals surface area contributed by atoms with E-state index in [2.05, 4.69) is 20.4 Å². The average molecular weight is 323 g/mol. The summed E-state index contributed by atoms with van der Waals surface area (Å²) in [5.41, 5.74) is 1.62. The first kappa shape index (κ1) is 14.6. The molecule has 4 rings (SSSR count). The van der Waals surface area contributed by atoms with Crippen LogP contribution in [0.3, 0.4) is 0 Å². The minimum absolute atomic E-state index is 0.00219. The molecule has 1 fully saturated rings.